The molecule has 4 nitrogen and oxygen atoms in total. The molecule has 0 aromatic carbocycles. The lowest BCUT2D eigenvalue weighted by atomic mass is 9.82. The summed E-state index contributed by atoms with van der Waals surface area (Å²) in [5.41, 5.74) is 0. The maximum atomic E-state index is 14.0. The van der Waals surface area contributed by atoms with Crippen LogP contribution in [0.5, 0.6) is 0 Å². The van der Waals surface area contributed by atoms with Crippen molar-refractivity contribution in [2.75, 3.05) is 0 Å². The minimum Gasteiger partial charge on any atom is -0.544 e. The summed E-state index contributed by atoms with van der Waals surface area (Å²) in [5.74, 6) is -8.24. The van der Waals surface area contributed by atoms with Crippen LogP contribution in [0.3, 0.4) is 0 Å². The maximum absolute atomic E-state index is 14.0. The monoisotopic (exact) mass is 317 g/mol. The molecule has 2 saturated carbocycles. The van der Waals surface area contributed by atoms with E-state index in [9.17, 15) is 23.5 Å². The highest BCUT2D eigenvalue weighted by Crippen LogP contribution is 2.37. The fraction of sp³-hybridized carbons (Fsp3) is 0.875. The fourth-order valence-electron chi connectivity index (χ4n) is 3.58. The SMILES string of the molecule is O=C(OC(C1CCCCC1)C(F)(F)C(=O)[O-])C1CCCCC1. The maximum Gasteiger partial charge on any atom is 0.323 e. The van der Waals surface area contributed by atoms with Crippen LogP contribution in [0.1, 0.15) is 64.2 Å². The number of rotatable bonds is 5. The number of carbonyl (C=O) groups is 2. The molecule has 1 unspecified atom stereocenters. The first-order valence-electron chi connectivity index (χ1n) is 8.22. The lowest BCUT2D eigenvalue weighted by Gasteiger charge is -2.36. The molecule has 126 valence electrons. The number of esters is 1. The summed E-state index contributed by atoms with van der Waals surface area (Å²) in [7, 11) is 0. The van der Waals surface area contributed by atoms with Crippen molar-refractivity contribution in [2.45, 2.75) is 76.2 Å². The van der Waals surface area contributed by atoms with Gasteiger partial charge in [-0.25, -0.2) is 0 Å². The quantitative estimate of drug-likeness (QED) is 0.731. The van der Waals surface area contributed by atoms with E-state index in [0.29, 0.717) is 25.7 Å². The van der Waals surface area contributed by atoms with Gasteiger partial charge in [-0.3, -0.25) is 4.79 Å². The second-order valence-corrected chi connectivity index (χ2v) is 6.50. The van der Waals surface area contributed by atoms with Gasteiger partial charge in [0.2, 0.25) is 0 Å². The second kappa shape index (κ2) is 7.38. The lowest BCUT2D eigenvalue weighted by Crippen LogP contribution is -2.54. The van der Waals surface area contributed by atoms with Crippen LogP contribution < -0.4 is 5.11 Å². The van der Waals surface area contributed by atoms with Crippen LogP contribution >= 0.6 is 0 Å². The molecule has 0 aromatic rings. The number of halogens is 2. The molecule has 2 fully saturated rings. The molecule has 0 aliphatic heterocycles. The molecule has 22 heavy (non-hydrogen) atoms. The van der Waals surface area contributed by atoms with Gasteiger partial charge in [-0.15, -0.1) is 0 Å². The highest BCUT2D eigenvalue weighted by Gasteiger charge is 2.49. The van der Waals surface area contributed by atoms with E-state index in [2.05, 4.69) is 0 Å². The molecule has 0 N–H and O–H groups in total. The molecule has 2 aliphatic rings. The Balaban J connectivity index is 2.09. The van der Waals surface area contributed by atoms with Gasteiger partial charge in [0.05, 0.1) is 5.92 Å². The smallest absolute Gasteiger partial charge is 0.323 e. The normalized spacial score (nSPS) is 23.0. The van der Waals surface area contributed by atoms with Crippen molar-refractivity contribution in [3.63, 3.8) is 0 Å². The van der Waals surface area contributed by atoms with Gasteiger partial charge >= 0.3 is 11.9 Å². The number of ether oxygens (including phenoxy) is 1. The van der Waals surface area contributed by atoms with Crippen LogP contribution in [0.15, 0.2) is 0 Å². The predicted octanol–water partition coefficient (Wildman–Crippen LogP) is 2.44. The van der Waals surface area contributed by atoms with Gasteiger partial charge in [-0.1, -0.05) is 38.5 Å². The zero-order valence-electron chi connectivity index (χ0n) is 12.7. The third-order valence-electron chi connectivity index (χ3n) is 4.89. The van der Waals surface area contributed by atoms with E-state index in [1.807, 2.05) is 0 Å². The summed E-state index contributed by atoms with van der Waals surface area (Å²) >= 11 is 0. The van der Waals surface area contributed by atoms with E-state index in [0.717, 1.165) is 38.5 Å². The zero-order chi connectivity index (χ0) is 16.2. The summed E-state index contributed by atoms with van der Waals surface area (Å²) in [4.78, 5) is 23.0. The van der Waals surface area contributed by atoms with E-state index in [4.69, 9.17) is 4.74 Å². The fourth-order valence-corrected chi connectivity index (χ4v) is 3.58. The topological polar surface area (TPSA) is 66.4 Å². The molecule has 6 heteroatoms. The minimum absolute atomic E-state index is 0.377. The van der Waals surface area contributed by atoms with Gasteiger partial charge in [-0.2, -0.15) is 8.78 Å². The van der Waals surface area contributed by atoms with Crippen LogP contribution in [0.25, 0.3) is 0 Å². The lowest BCUT2D eigenvalue weighted by molar-refractivity contribution is -0.338. The first-order valence-corrected chi connectivity index (χ1v) is 8.22. The third kappa shape index (κ3) is 3.96. The molecule has 2 aliphatic carbocycles. The van der Waals surface area contributed by atoms with Crippen LogP contribution in [-0.2, 0) is 14.3 Å². The Labute approximate surface area is 129 Å². The molecule has 0 aromatic heterocycles. The molecule has 0 radical (unpaired) electrons. The predicted molar refractivity (Wildman–Crippen MR) is 73.0 cm³/mol. The van der Waals surface area contributed by atoms with Crippen molar-refractivity contribution in [1.29, 1.82) is 0 Å². The Hall–Kier alpha value is -1.20. The van der Waals surface area contributed by atoms with Gasteiger partial charge in [0.25, 0.3) is 0 Å². The van der Waals surface area contributed by atoms with Crippen molar-refractivity contribution in [2.24, 2.45) is 11.8 Å². The van der Waals surface area contributed by atoms with Crippen LogP contribution in [-0.4, -0.2) is 24.0 Å². The van der Waals surface area contributed by atoms with Gasteiger partial charge in [0, 0.05) is 5.92 Å². The van der Waals surface area contributed by atoms with Crippen LogP contribution in [0.4, 0.5) is 8.78 Å². The standard InChI is InChI=1S/C16H24F2O4/c17-16(18,15(20)21)13(11-7-3-1-4-8-11)22-14(19)12-9-5-2-6-10-12/h11-13H,1-10H2,(H,20,21)/p-1. The molecule has 1 atom stereocenters. The first kappa shape index (κ1) is 17.2. The van der Waals surface area contributed by atoms with Gasteiger partial charge in [0.1, 0.15) is 5.97 Å². The summed E-state index contributed by atoms with van der Waals surface area (Å²) in [5, 5.41) is 10.8. The Morgan fingerprint density at radius 2 is 1.45 bits per heavy atom. The van der Waals surface area contributed by atoms with Crippen molar-refractivity contribution in [3.05, 3.63) is 0 Å². The average molecular weight is 317 g/mol. The van der Waals surface area contributed by atoms with Crippen molar-refractivity contribution < 1.29 is 28.2 Å². The molecule has 0 spiro atoms. The summed E-state index contributed by atoms with van der Waals surface area (Å²) in [6.45, 7) is 0. The number of alkyl halides is 2. The van der Waals surface area contributed by atoms with Crippen molar-refractivity contribution in [1.82, 2.24) is 0 Å². The zero-order valence-corrected chi connectivity index (χ0v) is 12.7. The summed E-state index contributed by atoms with van der Waals surface area (Å²) in [6, 6.07) is 0. The number of carboxylic acid groups (broad SMARTS) is 1. The molecule has 2 rings (SSSR count). The summed E-state index contributed by atoms with van der Waals surface area (Å²) < 4.78 is 33.0. The molecular formula is C16H23F2O4-. The Kier molecular flexibility index (Phi) is 5.75. The van der Waals surface area contributed by atoms with E-state index < -0.39 is 29.9 Å². The molecule has 0 heterocycles. The number of aliphatic carboxylic acids is 1. The second-order valence-electron chi connectivity index (χ2n) is 6.50. The number of hydrogen-bond donors (Lipinski definition) is 0. The van der Waals surface area contributed by atoms with E-state index in [1.165, 1.54) is 0 Å². The Morgan fingerprint density at radius 1 is 0.955 bits per heavy atom. The van der Waals surface area contributed by atoms with Gasteiger partial charge in [0.15, 0.2) is 6.10 Å². The third-order valence-corrected chi connectivity index (χ3v) is 4.89. The Morgan fingerprint density at radius 3 is 1.95 bits per heavy atom. The van der Waals surface area contributed by atoms with Crippen LogP contribution in [0.2, 0.25) is 0 Å². The summed E-state index contributed by atoms with van der Waals surface area (Å²) in [6.07, 6.45) is 5.54. The molecule has 0 amide bonds. The highest BCUT2D eigenvalue weighted by atomic mass is 19.3. The average Bonchev–Trinajstić information content (AvgIpc) is 2.53. The van der Waals surface area contributed by atoms with Crippen molar-refractivity contribution >= 4 is 11.9 Å². The van der Waals surface area contributed by atoms with Crippen LogP contribution in [0, 0.1) is 11.8 Å². The van der Waals surface area contributed by atoms with E-state index in [-0.39, 0.29) is 5.92 Å². The van der Waals surface area contributed by atoms with E-state index >= 15 is 0 Å². The minimum atomic E-state index is -4.13. The van der Waals surface area contributed by atoms with Crippen molar-refractivity contribution in [3.8, 4) is 0 Å². The molecule has 0 saturated heterocycles. The van der Waals surface area contributed by atoms with E-state index in [1.54, 1.807) is 0 Å². The number of carboxylic acids is 1. The first-order chi connectivity index (χ1) is 10.4. The molecular weight excluding hydrogens is 294 g/mol. The molecule has 0 bridgehead atoms. The number of carbonyl (C=O) groups excluding carboxylic acids is 2. The van der Waals surface area contributed by atoms with Gasteiger partial charge < -0.3 is 14.6 Å². The number of hydrogen-bond acceptors (Lipinski definition) is 4. The van der Waals surface area contributed by atoms with Gasteiger partial charge in [-0.05, 0) is 25.7 Å². The largest absolute Gasteiger partial charge is 0.544 e. The Bertz CT molecular complexity index is 399. The highest BCUT2D eigenvalue weighted by molar-refractivity contribution is 5.76.